The van der Waals surface area contributed by atoms with Crippen molar-refractivity contribution in [3.8, 4) is 5.75 Å². The second kappa shape index (κ2) is 8.98. The van der Waals surface area contributed by atoms with Crippen molar-refractivity contribution in [3.63, 3.8) is 0 Å². The van der Waals surface area contributed by atoms with Crippen molar-refractivity contribution in [1.29, 1.82) is 0 Å². The normalized spacial score (nSPS) is 18.8. The highest BCUT2D eigenvalue weighted by atomic mass is 35.5. The van der Waals surface area contributed by atoms with Gasteiger partial charge >= 0.3 is 5.97 Å². The third kappa shape index (κ3) is 4.76. The van der Waals surface area contributed by atoms with Crippen LogP contribution in [0.25, 0.3) is 0 Å². The molecule has 4 rings (SSSR count). The van der Waals surface area contributed by atoms with Crippen LogP contribution in [0.2, 0.25) is 5.02 Å². The molecule has 1 unspecified atom stereocenters. The quantitative estimate of drug-likeness (QED) is 0.483. The first-order valence-corrected chi connectivity index (χ1v) is 11.9. The number of ketones is 1. The molecule has 0 bridgehead atoms. The molecule has 0 aromatic heterocycles. The fourth-order valence-electron chi connectivity index (χ4n) is 3.74. The molecule has 2 aliphatic heterocycles. The van der Waals surface area contributed by atoms with Crippen molar-refractivity contribution in [1.82, 2.24) is 4.31 Å². The number of hydrogen-bond acceptors (Lipinski definition) is 6. The summed E-state index contributed by atoms with van der Waals surface area (Å²) in [5.74, 6) is -0.758. The van der Waals surface area contributed by atoms with Crippen LogP contribution >= 0.6 is 11.6 Å². The van der Waals surface area contributed by atoms with Crippen LogP contribution in [0, 0.1) is 5.92 Å². The van der Waals surface area contributed by atoms with E-state index in [0.29, 0.717) is 30.3 Å². The molecule has 2 aromatic rings. The molecule has 0 saturated carbocycles. The minimum Gasteiger partial charge on any atom is -0.492 e. The van der Waals surface area contributed by atoms with Crippen molar-refractivity contribution < 1.29 is 27.5 Å². The molecule has 164 valence electrons. The number of sulfonamides is 1. The molecular formula is C22H22ClNO6S. The first-order chi connectivity index (χ1) is 14.8. The maximum absolute atomic E-state index is 12.6. The standard InChI is InChI=1S/C22H22ClNO6S/c23-18-5-8-21-16(12-18)11-17(13-29-21)22(26)30-14-20(25)15-3-6-19(7-4-15)31(27,28)24-9-1-2-10-24/h3-8,12,17H,1-2,9-11,13-14H2. The number of hydrogen-bond donors (Lipinski definition) is 0. The van der Waals surface area contributed by atoms with Crippen LogP contribution in [-0.4, -0.2) is 50.8 Å². The number of carbonyl (C=O) groups is 2. The van der Waals surface area contributed by atoms with E-state index in [0.717, 1.165) is 18.4 Å². The van der Waals surface area contributed by atoms with Crippen molar-refractivity contribution in [2.75, 3.05) is 26.3 Å². The molecule has 1 atom stereocenters. The highest BCUT2D eigenvalue weighted by Gasteiger charge is 2.29. The molecule has 0 spiro atoms. The molecule has 0 N–H and O–H groups in total. The van der Waals surface area contributed by atoms with Gasteiger partial charge in [0.25, 0.3) is 0 Å². The highest BCUT2D eigenvalue weighted by Crippen LogP contribution is 2.30. The number of ether oxygens (including phenoxy) is 2. The number of fused-ring (bicyclic) bond motifs is 1. The van der Waals surface area contributed by atoms with E-state index < -0.39 is 34.3 Å². The number of esters is 1. The van der Waals surface area contributed by atoms with E-state index in [1.54, 1.807) is 18.2 Å². The van der Waals surface area contributed by atoms with E-state index in [2.05, 4.69) is 0 Å². The SMILES string of the molecule is O=C(COC(=O)C1COc2ccc(Cl)cc2C1)c1ccc(S(=O)(=O)N2CCCC2)cc1. The van der Waals surface area contributed by atoms with Gasteiger partial charge in [0.15, 0.2) is 12.4 Å². The number of nitrogens with zero attached hydrogens (tertiary/aromatic N) is 1. The Labute approximate surface area is 186 Å². The first-order valence-electron chi connectivity index (χ1n) is 10.1. The van der Waals surface area contributed by atoms with Crippen molar-refractivity contribution in [3.05, 3.63) is 58.6 Å². The Morgan fingerprint density at radius 3 is 2.52 bits per heavy atom. The minimum absolute atomic E-state index is 0.152. The summed E-state index contributed by atoms with van der Waals surface area (Å²) in [5.41, 5.74) is 1.10. The van der Waals surface area contributed by atoms with E-state index in [1.165, 1.54) is 28.6 Å². The molecule has 9 heteroatoms. The van der Waals surface area contributed by atoms with Gasteiger partial charge in [-0.15, -0.1) is 0 Å². The van der Waals surface area contributed by atoms with Gasteiger partial charge in [0.2, 0.25) is 10.0 Å². The predicted molar refractivity (Wildman–Crippen MR) is 114 cm³/mol. The van der Waals surface area contributed by atoms with Gasteiger partial charge < -0.3 is 9.47 Å². The average Bonchev–Trinajstić information content (AvgIpc) is 3.32. The summed E-state index contributed by atoms with van der Waals surface area (Å²) in [6, 6.07) is 11.0. The maximum atomic E-state index is 12.6. The van der Waals surface area contributed by atoms with Crippen molar-refractivity contribution in [2.24, 2.45) is 5.92 Å². The lowest BCUT2D eigenvalue weighted by Gasteiger charge is -2.24. The summed E-state index contributed by atoms with van der Waals surface area (Å²) >= 11 is 5.99. The molecule has 1 fully saturated rings. The number of Topliss-reactive ketones (excluding diaryl/α,β-unsaturated/α-hetero) is 1. The van der Waals surface area contributed by atoms with E-state index in [1.807, 2.05) is 0 Å². The Morgan fingerprint density at radius 2 is 1.81 bits per heavy atom. The monoisotopic (exact) mass is 463 g/mol. The van der Waals surface area contributed by atoms with Crippen LogP contribution in [0.3, 0.4) is 0 Å². The van der Waals surface area contributed by atoms with Gasteiger partial charge in [0, 0.05) is 23.7 Å². The predicted octanol–water partition coefficient (Wildman–Crippen LogP) is 3.10. The lowest BCUT2D eigenvalue weighted by Crippen LogP contribution is -2.31. The fourth-order valence-corrected chi connectivity index (χ4v) is 5.45. The van der Waals surface area contributed by atoms with Gasteiger partial charge in [-0.2, -0.15) is 4.31 Å². The Balaban J connectivity index is 1.34. The second-order valence-corrected chi connectivity index (χ2v) is 10.0. The average molecular weight is 464 g/mol. The summed E-state index contributed by atoms with van der Waals surface area (Å²) in [4.78, 5) is 24.9. The van der Waals surface area contributed by atoms with Crippen LogP contribution in [0.4, 0.5) is 0 Å². The van der Waals surface area contributed by atoms with E-state index in [9.17, 15) is 18.0 Å². The number of benzene rings is 2. The summed E-state index contributed by atoms with van der Waals surface area (Å²) in [6.07, 6.45) is 2.13. The van der Waals surface area contributed by atoms with Crippen LogP contribution < -0.4 is 4.74 Å². The van der Waals surface area contributed by atoms with Crippen LogP contribution in [0.5, 0.6) is 5.75 Å². The Hall–Kier alpha value is -2.42. The van der Waals surface area contributed by atoms with Gasteiger partial charge in [-0.1, -0.05) is 11.6 Å². The zero-order chi connectivity index (χ0) is 22.0. The molecule has 1 saturated heterocycles. The largest absolute Gasteiger partial charge is 0.492 e. The van der Waals surface area contributed by atoms with Crippen molar-refractivity contribution in [2.45, 2.75) is 24.2 Å². The Morgan fingerprint density at radius 1 is 1.10 bits per heavy atom. The third-order valence-electron chi connectivity index (χ3n) is 5.49. The molecule has 0 radical (unpaired) electrons. The summed E-state index contributed by atoms with van der Waals surface area (Å²) in [6.45, 7) is 0.779. The van der Waals surface area contributed by atoms with Crippen molar-refractivity contribution >= 4 is 33.4 Å². The fraction of sp³-hybridized carbons (Fsp3) is 0.364. The third-order valence-corrected chi connectivity index (χ3v) is 7.63. The van der Waals surface area contributed by atoms with Crippen LogP contribution in [0.15, 0.2) is 47.4 Å². The summed E-state index contributed by atoms with van der Waals surface area (Å²) < 4.78 is 37.4. The van der Waals surface area contributed by atoms with Gasteiger partial charge in [0.1, 0.15) is 12.4 Å². The van der Waals surface area contributed by atoms with Gasteiger partial charge in [0.05, 0.1) is 10.8 Å². The van der Waals surface area contributed by atoms with E-state index in [4.69, 9.17) is 21.1 Å². The summed E-state index contributed by atoms with van der Waals surface area (Å²) in [5, 5.41) is 0.557. The molecular weight excluding hydrogens is 442 g/mol. The van der Waals surface area contributed by atoms with Crippen LogP contribution in [-0.2, 0) is 26.0 Å². The van der Waals surface area contributed by atoms with E-state index in [-0.39, 0.29) is 17.1 Å². The maximum Gasteiger partial charge on any atom is 0.313 e. The lowest BCUT2D eigenvalue weighted by atomic mass is 9.97. The molecule has 2 aliphatic rings. The van der Waals surface area contributed by atoms with Gasteiger partial charge in [-0.05, 0) is 67.3 Å². The molecule has 7 nitrogen and oxygen atoms in total. The van der Waals surface area contributed by atoms with E-state index >= 15 is 0 Å². The van der Waals surface area contributed by atoms with Gasteiger partial charge in [-0.3, -0.25) is 9.59 Å². The number of halogens is 1. The smallest absolute Gasteiger partial charge is 0.313 e. The van der Waals surface area contributed by atoms with Crippen LogP contribution in [0.1, 0.15) is 28.8 Å². The molecule has 2 aromatic carbocycles. The number of carbonyl (C=O) groups excluding carboxylic acids is 2. The first kappa shape index (κ1) is 21.8. The molecule has 0 amide bonds. The topological polar surface area (TPSA) is 90.0 Å². The zero-order valence-corrected chi connectivity index (χ0v) is 18.3. The highest BCUT2D eigenvalue weighted by molar-refractivity contribution is 7.89. The second-order valence-electron chi connectivity index (χ2n) is 7.63. The molecule has 0 aliphatic carbocycles. The minimum atomic E-state index is -3.54. The molecule has 2 heterocycles. The Bertz CT molecular complexity index is 1090. The van der Waals surface area contributed by atoms with Gasteiger partial charge in [-0.25, -0.2) is 8.42 Å². The lowest BCUT2D eigenvalue weighted by molar-refractivity contribution is -0.148. The molecule has 31 heavy (non-hydrogen) atoms. The summed E-state index contributed by atoms with van der Waals surface area (Å²) in [7, 11) is -3.54. The zero-order valence-electron chi connectivity index (χ0n) is 16.8. The Kier molecular flexibility index (Phi) is 6.31. The number of rotatable bonds is 6.